The second-order valence-corrected chi connectivity index (χ2v) is 7.03. The van der Waals surface area contributed by atoms with E-state index in [4.69, 9.17) is 9.47 Å². The third kappa shape index (κ3) is 3.70. The number of rotatable bonds is 3. The third-order valence-corrected chi connectivity index (χ3v) is 4.92. The molecule has 1 fully saturated rings. The van der Waals surface area contributed by atoms with Crippen LogP contribution in [0.15, 0.2) is 24.3 Å². The zero-order chi connectivity index (χ0) is 14.7. The monoisotopic (exact) mass is 353 g/mol. The molecule has 3 rings (SSSR count). The molecule has 3 unspecified atom stereocenters. The average molecular weight is 354 g/mol. The second-order valence-electron chi connectivity index (χ2n) is 5.74. The van der Waals surface area contributed by atoms with Crippen molar-refractivity contribution in [1.29, 1.82) is 0 Å². The van der Waals surface area contributed by atoms with Gasteiger partial charge in [-0.2, -0.15) is 0 Å². The molecule has 1 N–H and O–H groups in total. The number of hydrogen-bond donors (Lipinski definition) is 1. The lowest BCUT2D eigenvalue weighted by Crippen LogP contribution is -2.45. The van der Waals surface area contributed by atoms with E-state index >= 15 is 0 Å². The fourth-order valence-corrected chi connectivity index (χ4v) is 3.77. The molecule has 1 amide bonds. The predicted molar refractivity (Wildman–Crippen MR) is 84.0 cm³/mol. The van der Waals surface area contributed by atoms with Crippen molar-refractivity contribution in [3.8, 4) is 11.5 Å². The summed E-state index contributed by atoms with van der Waals surface area (Å²) in [4.78, 5) is 12.8. The highest BCUT2D eigenvalue weighted by atomic mass is 79.9. The van der Waals surface area contributed by atoms with Crippen LogP contribution in [0.5, 0.6) is 11.5 Å². The van der Waals surface area contributed by atoms with Crippen LogP contribution in [0.4, 0.5) is 0 Å². The van der Waals surface area contributed by atoms with Crippen LogP contribution in [0.25, 0.3) is 0 Å². The number of hydrogen-bond acceptors (Lipinski definition) is 3. The van der Waals surface area contributed by atoms with E-state index in [0.717, 1.165) is 13.0 Å². The highest BCUT2D eigenvalue weighted by Crippen LogP contribution is 2.31. The van der Waals surface area contributed by atoms with Gasteiger partial charge < -0.3 is 14.8 Å². The summed E-state index contributed by atoms with van der Waals surface area (Å²) < 4.78 is 11.3. The molecule has 1 heterocycles. The Balaban J connectivity index is 1.50. The SMILES string of the molecule is O=C(NCC1CCCC(Br)C1)C1COc2ccccc2O1. The van der Waals surface area contributed by atoms with Crippen LogP contribution in [0.2, 0.25) is 0 Å². The van der Waals surface area contributed by atoms with Gasteiger partial charge in [-0.15, -0.1) is 0 Å². The summed E-state index contributed by atoms with van der Waals surface area (Å²) in [7, 11) is 0. The molecule has 21 heavy (non-hydrogen) atoms. The van der Waals surface area contributed by atoms with Gasteiger partial charge in [-0.1, -0.05) is 34.5 Å². The summed E-state index contributed by atoms with van der Waals surface area (Å²) in [5.41, 5.74) is 0. The van der Waals surface area contributed by atoms with Gasteiger partial charge in [-0.05, 0) is 37.3 Å². The van der Waals surface area contributed by atoms with Crippen molar-refractivity contribution in [2.45, 2.75) is 36.6 Å². The molecule has 4 nitrogen and oxygen atoms in total. The molecule has 5 heteroatoms. The molecule has 0 aromatic heterocycles. The zero-order valence-corrected chi connectivity index (χ0v) is 13.5. The first kappa shape index (κ1) is 14.7. The molecule has 0 spiro atoms. The summed E-state index contributed by atoms with van der Waals surface area (Å²) in [6.45, 7) is 0.997. The number of para-hydroxylation sites is 2. The minimum absolute atomic E-state index is 0.0822. The normalized spacial score (nSPS) is 28.0. The van der Waals surface area contributed by atoms with Crippen LogP contribution in [-0.4, -0.2) is 30.0 Å². The molecule has 1 aliphatic heterocycles. The quantitative estimate of drug-likeness (QED) is 0.850. The number of carbonyl (C=O) groups excluding carboxylic acids is 1. The molecule has 0 saturated heterocycles. The number of amides is 1. The van der Waals surface area contributed by atoms with Gasteiger partial charge in [-0.25, -0.2) is 0 Å². The Labute approximate surface area is 133 Å². The first-order valence-corrected chi connectivity index (χ1v) is 8.44. The highest BCUT2D eigenvalue weighted by molar-refractivity contribution is 9.09. The van der Waals surface area contributed by atoms with Crippen LogP contribution >= 0.6 is 15.9 Å². The Bertz CT molecular complexity index is 508. The fourth-order valence-electron chi connectivity index (χ4n) is 2.92. The van der Waals surface area contributed by atoms with E-state index in [1.54, 1.807) is 0 Å². The van der Waals surface area contributed by atoms with E-state index in [9.17, 15) is 4.79 Å². The van der Waals surface area contributed by atoms with Crippen molar-refractivity contribution in [1.82, 2.24) is 5.32 Å². The lowest BCUT2D eigenvalue weighted by Gasteiger charge is -2.28. The Morgan fingerprint density at radius 2 is 2.10 bits per heavy atom. The van der Waals surface area contributed by atoms with Gasteiger partial charge in [0.1, 0.15) is 6.61 Å². The minimum Gasteiger partial charge on any atom is -0.485 e. The highest BCUT2D eigenvalue weighted by Gasteiger charge is 2.28. The van der Waals surface area contributed by atoms with Crippen LogP contribution < -0.4 is 14.8 Å². The minimum atomic E-state index is -0.553. The van der Waals surface area contributed by atoms with Gasteiger partial charge in [0.25, 0.3) is 5.91 Å². The van der Waals surface area contributed by atoms with Crippen molar-refractivity contribution in [3.63, 3.8) is 0 Å². The van der Waals surface area contributed by atoms with Crippen LogP contribution in [0.3, 0.4) is 0 Å². The summed E-state index contributed by atoms with van der Waals surface area (Å²) in [6, 6.07) is 7.44. The fraction of sp³-hybridized carbons (Fsp3) is 0.562. The maximum absolute atomic E-state index is 12.2. The van der Waals surface area contributed by atoms with Crippen LogP contribution in [-0.2, 0) is 4.79 Å². The van der Waals surface area contributed by atoms with Crippen LogP contribution in [0.1, 0.15) is 25.7 Å². The van der Waals surface area contributed by atoms with Gasteiger partial charge in [0, 0.05) is 11.4 Å². The summed E-state index contributed by atoms with van der Waals surface area (Å²) in [5.74, 6) is 1.82. The van der Waals surface area contributed by atoms with E-state index in [1.165, 1.54) is 19.3 Å². The molecule has 0 bridgehead atoms. The standard InChI is InChI=1S/C16H20BrNO3/c17-12-5-3-4-11(8-12)9-18-16(19)15-10-20-13-6-1-2-7-14(13)21-15/h1-2,6-7,11-12,15H,3-5,8-10H2,(H,18,19). The average Bonchev–Trinajstić information content (AvgIpc) is 2.52. The number of carbonyl (C=O) groups is 1. The first-order chi connectivity index (χ1) is 10.2. The Morgan fingerprint density at radius 3 is 2.90 bits per heavy atom. The second kappa shape index (κ2) is 6.69. The molecular formula is C16H20BrNO3. The van der Waals surface area contributed by atoms with Gasteiger partial charge in [-0.3, -0.25) is 4.79 Å². The molecule has 3 atom stereocenters. The largest absolute Gasteiger partial charge is 0.485 e. The maximum Gasteiger partial charge on any atom is 0.264 e. The molecule has 0 radical (unpaired) electrons. The van der Waals surface area contributed by atoms with E-state index in [-0.39, 0.29) is 12.5 Å². The third-order valence-electron chi connectivity index (χ3n) is 4.08. The van der Waals surface area contributed by atoms with Crippen molar-refractivity contribution in [2.24, 2.45) is 5.92 Å². The number of nitrogens with one attached hydrogen (secondary N) is 1. The van der Waals surface area contributed by atoms with E-state index in [1.807, 2.05) is 24.3 Å². The number of ether oxygens (including phenoxy) is 2. The Hall–Kier alpha value is -1.23. The number of halogens is 1. The molecule has 114 valence electrons. The summed E-state index contributed by atoms with van der Waals surface area (Å²) >= 11 is 3.67. The topological polar surface area (TPSA) is 47.6 Å². The molecule has 1 saturated carbocycles. The molecule has 1 aliphatic carbocycles. The van der Waals surface area contributed by atoms with E-state index in [0.29, 0.717) is 22.2 Å². The van der Waals surface area contributed by atoms with Gasteiger partial charge in [0.2, 0.25) is 6.10 Å². The van der Waals surface area contributed by atoms with E-state index < -0.39 is 6.10 Å². The maximum atomic E-state index is 12.2. The van der Waals surface area contributed by atoms with Crippen molar-refractivity contribution in [3.05, 3.63) is 24.3 Å². The van der Waals surface area contributed by atoms with Crippen LogP contribution in [0, 0.1) is 5.92 Å². The molecular weight excluding hydrogens is 334 g/mol. The summed E-state index contributed by atoms with van der Waals surface area (Å²) in [5, 5.41) is 3.01. The lowest BCUT2D eigenvalue weighted by molar-refractivity contribution is -0.130. The van der Waals surface area contributed by atoms with Gasteiger partial charge in [0.15, 0.2) is 11.5 Å². The van der Waals surface area contributed by atoms with Gasteiger partial charge >= 0.3 is 0 Å². The number of fused-ring (bicyclic) bond motifs is 1. The molecule has 1 aromatic carbocycles. The zero-order valence-electron chi connectivity index (χ0n) is 11.9. The molecule has 1 aromatic rings. The Morgan fingerprint density at radius 1 is 1.29 bits per heavy atom. The predicted octanol–water partition coefficient (Wildman–Crippen LogP) is 2.90. The number of benzene rings is 1. The van der Waals surface area contributed by atoms with E-state index in [2.05, 4.69) is 21.2 Å². The van der Waals surface area contributed by atoms with Crippen molar-refractivity contribution < 1.29 is 14.3 Å². The van der Waals surface area contributed by atoms with Crippen molar-refractivity contribution in [2.75, 3.05) is 13.2 Å². The molecule has 2 aliphatic rings. The Kier molecular flexibility index (Phi) is 4.68. The number of alkyl halides is 1. The first-order valence-electron chi connectivity index (χ1n) is 7.52. The summed E-state index contributed by atoms with van der Waals surface area (Å²) in [6.07, 6.45) is 4.23. The van der Waals surface area contributed by atoms with Crippen molar-refractivity contribution >= 4 is 21.8 Å². The van der Waals surface area contributed by atoms with Gasteiger partial charge in [0.05, 0.1) is 0 Å². The lowest BCUT2D eigenvalue weighted by atomic mass is 9.89. The smallest absolute Gasteiger partial charge is 0.264 e.